The van der Waals surface area contributed by atoms with Crippen molar-refractivity contribution in [2.75, 3.05) is 7.11 Å². The topological polar surface area (TPSA) is 26.3 Å². The molecule has 0 saturated heterocycles. The second-order valence-corrected chi connectivity index (χ2v) is 4.04. The molecule has 17 heavy (non-hydrogen) atoms. The Bertz CT molecular complexity index is 544. The lowest BCUT2D eigenvalue weighted by Crippen LogP contribution is -2.03. The lowest BCUT2D eigenvalue weighted by molar-refractivity contribution is -0.118. The second-order valence-electron chi connectivity index (χ2n) is 4.04. The van der Waals surface area contributed by atoms with E-state index < -0.39 is 0 Å². The molecule has 88 valence electrons. The van der Waals surface area contributed by atoms with Gasteiger partial charge in [-0.2, -0.15) is 0 Å². The van der Waals surface area contributed by atoms with Crippen LogP contribution in [0.15, 0.2) is 36.4 Å². The van der Waals surface area contributed by atoms with Crippen molar-refractivity contribution in [3.63, 3.8) is 0 Å². The average molecular weight is 228 g/mol. The number of methoxy groups -OCH3 is 1. The van der Waals surface area contributed by atoms with Crippen molar-refractivity contribution in [1.82, 2.24) is 0 Å². The molecule has 2 rings (SSSR count). The predicted molar refractivity (Wildman–Crippen MR) is 69.5 cm³/mol. The first-order valence-electron chi connectivity index (χ1n) is 5.82. The van der Waals surface area contributed by atoms with Crippen molar-refractivity contribution in [2.45, 2.75) is 19.8 Å². The van der Waals surface area contributed by atoms with Gasteiger partial charge in [0.25, 0.3) is 0 Å². The molecule has 0 N–H and O–H groups in total. The number of fused-ring (bicyclic) bond motifs is 1. The van der Waals surface area contributed by atoms with Gasteiger partial charge in [-0.1, -0.05) is 37.3 Å². The summed E-state index contributed by atoms with van der Waals surface area (Å²) in [5, 5.41) is 2.25. The highest BCUT2D eigenvalue weighted by atomic mass is 16.5. The van der Waals surface area contributed by atoms with E-state index in [0.29, 0.717) is 12.8 Å². The normalized spacial score (nSPS) is 10.5. The summed E-state index contributed by atoms with van der Waals surface area (Å²) in [5.74, 6) is 1.03. The van der Waals surface area contributed by atoms with E-state index >= 15 is 0 Å². The predicted octanol–water partition coefficient (Wildman–Crippen LogP) is 3.37. The molecular weight excluding hydrogens is 212 g/mol. The molecule has 0 aliphatic carbocycles. The lowest BCUT2D eigenvalue weighted by atomic mass is 9.98. The van der Waals surface area contributed by atoms with E-state index in [1.807, 2.05) is 37.3 Å². The zero-order valence-electron chi connectivity index (χ0n) is 10.2. The van der Waals surface area contributed by atoms with Crippen LogP contribution >= 0.6 is 0 Å². The largest absolute Gasteiger partial charge is 0.496 e. The van der Waals surface area contributed by atoms with Crippen LogP contribution in [0.3, 0.4) is 0 Å². The van der Waals surface area contributed by atoms with Crippen LogP contribution in [-0.2, 0) is 11.2 Å². The molecule has 0 bridgehead atoms. The van der Waals surface area contributed by atoms with Gasteiger partial charge in [0.2, 0.25) is 0 Å². The van der Waals surface area contributed by atoms with Crippen LogP contribution in [0, 0.1) is 0 Å². The number of hydrogen-bond acceptors (Lipinski definition) is 2. The smallest absolute Gasteiger partial charge is 0.137 e. The molecule has 0 spiro atoms. The first-order chi connectivity index (χ1) is 8.26. The summed E-state index contributed by atoms with van der Waals surface area (Å²) in [7, 11) is 1.64. The zero-order valence-corrected chi connectivity index (χ0v) is 10.2. The van der Waals surface area contributed by atoms with Gasteiger partial charge in [-0.05, 0) is 16.8 Å². The van der Waals surface area contributed by atoms with Crippen LogP contribution in [0.5, 0.6) is 5.75 Å². The van der Waals surface area contributed by atoms with Gasteiger partial charge in [-0.15, -0.1) is 0 Å². The average Bonchev–Trinajstić information content (AvgIpc) is 2.39. The van der Waals surface area contributed by atoms with Crippen LogP contribution in [0.1, 0.15) is 18.9 Å². The van der Waals surface area contributed by atoms with Gasteiger partial charge >= 0.3 is 0 Å². The number of benzene rings is 2. The molecule has 0 unspecified atom stereocenters. The lowest BCUT2D eigenvalue weighted by Gasteiger charge is -2.11. The van der Waals surface area contributed by atoms with Crippen molar-refractivity contribution in [1.29, 1.82) is 0 Å². The van der Waals surface area contributed by atoms with Crippen LogP contribution in [0.2, 0.25) is 0 Å². The Morgan fingerprint density at radius 2 is 1.94 bits per heavy atom. The Hall–Kier alpha value is -1.83. The summed E-state index contributed by atoms with van der Waals surface area (Å²) >= 11 is 0. The minimum absolute atomic E-state index is 0.236. The summed E-state index contributed by atoms with van der Waals surface area (Å²) < 4.78 is 5.35. The molecule has 0 fully saturated rings. The number of ketones is 1. The van der Waals surface area contributed by atoms with Gasteiger partial charge in [0.1, 0.15) is 11.5 Å². The van der Waals surface area contributed by atoms with Gasteiger partial charge in [0.05, 0.1) is 7.11 Å². The molecule has 2 nitrogen and oxygen atoms in total. The summed E-state index contributed by atoms with van der Waals surface area (Å²) in [6, 6.07) is 12.0. The SMILES string of the molecule is CCC(=O)Cc1c(OC)ccc2ccccc12. The number of carbonyl (C=O) groups excluding carboxylic acids is 1. The van der Waals surface area contributed by atoms with Crippen molar-refractivity contribution in [2.24, 2.45) is 0 Å². The van der Waals surface area contributed by atoms with E-state index in [4.69, 9.17) is 4.74 Å². The molecule has 0 aliphatic heterocycles. The number of hydrogen-bond donors (Lipinski definition) is 0. The Kier molecular flexibility index (Phi) is 3.43. The Morgan fingerprint density at radius 1 is 1.18 bits per heavy atom. The molecule has 0 aromatic heterocycles. The summed E-state index contributed by atoms with van der Waals surface area (Å²) in [6.07, 6.45) is 1.01. The van der Waals surface area contributed by atoms with Crippen molar-refractivity contribution in [3.8, 4) is 5.75 Å². The maximum Gasteiger partial charge on any atom is 0.137 e. The monoisotopic (exact) mass is 228 g/mol. The fourth-order valence-corrected chi connectivity index (χ4v) is 2.01. The summed E-state index contributed by atoms with van der Waals surface area (Å²) in [6.45, 7) is 1.89. The molecule has 0 aliphatic rings. The minimum Gasteiger partial charge on any atom is -0.496 e. The maximum atomic E-state index is 11.6. The van der Waals surface area contributed by atoms with Gasteiger partial charge in [0.15, 0.2) is 0 Å². The number of ether oxygens (including phenoxy) is 1. The molecular formula is C15H16O2. The quantitative estimate of drug-likeness (QED) is 0.802. The third-order valence-electron chi connectivity index (χ3n) is 2.99. The fourth-order valence-electron chi connectivity index (χ4n) is 2.01. The zero-order chi connectivity index (χ0) is 12.3. The van der Waals surface area contributed by atoms with Crippen LogP contribution in [-0.4, -0.2) is 12.9 Å². The van der Waals surface area contributed by atoms with Crippen molar-refractivity contribution >= 4 is 16.6 Å². The molecule has 0 atom stereocenters. The van der Waals surface area contributed by atoms with Gasteiger partial charge < -0.3 is 4.74 Å². The number of carbonyl (C=O) groups is 1. The first kappa shape index (κ1) is 11.6. The Morgan fingerprint density at radius 3 is 2.65 bits per heavy atom. The molecule has 0 amide bonds. The highest BCUT2D eigenvalue weighted by molar-refractivity contribution is 5.92. The van der Waals surface area contributed by atoms with Crippen LogP contribution in [0.25, 0.3) is 10.8 Å². The Balaban J connectivity index is 2.58. The van der Waals surface area contributed by atoms with E-state index in [1.165, 1.54) is 0 Å². The molecule has 2 aromatic rings. The van der Waals surface area contributed by atoms with Crippen LogP contribution in [0.4, 0.5) is 0 Å². The molecule has 0 saturated carbocycles. The molecule has 0 heterocycles. The van der Waals surface area contributed by atoms with E-state index in [-0.39, 0.29) is 5.78 Å². The van der Waals surface area contributed by atoms with Gasteiger partial charge in [-0.3, -0.25) is 4.79 Å². The van der Waals surface area contributed by atoms with Crippen LogP contribution < -0.4 is 4.74 Å². The number of Topliss-reactive ketones (excluding diaryl/α,β-unsaturated/α-hetero) is 1. The van der Waals surface area contributed by atoms with Gasteiger partial charge in [-0.25, -0.2) is 0 Å². The van der Waals surface area contributed by atoms with E-state index in [9.17, 15) is 4.79 Å². The van der Waals surface area contributed by atoms with Crippen molar-refractivity contribution < 1.29 is 9.53 Å². The molecule has 0 radical (unpaired) electrons. The van der Waals surface area contributed by atoms with E-state index in [1.54, 1.807) is 7.11 Å². The van der Waals surface area contributed by atoms with E-state index in [2.05, 4.69) is 6.07 Å². The fraction of sp³-hybridized carbons (Fsp3) is 0.267. The highest BCUT2D eigenvalue weighted by Gasteiger charge is 2.11. The third kappa shape index (κ3) is 2.31. The Labute approximate surface area is 101 Å². The summed E-state index contributed by atoms with van der Waals surface area (Å²) in [5.41, 5.74) is 0.998. The molecule has 2 heteroatoms. The van der Waals surface area contributed by atoms with Gasteiger partial charge in [0, 0.05) is 18.4 Å². The maximum absolute atomic E-state index is 11.6. The minimum atomic E-state index is 0.236. The summed E-state index contributed by atoms with van der Waals surface area (Å²) in [4.78, 5) is 11.6. The highest BCUT2D eigenvalue weighted by Crippen LogP contribution is 2.28. The van der Waals surface area contributed by atoms with E-state index in [0.717, 1.165) is 22.1 Å². The van der Waals surface area contributed by atoms with Crippen molar-refractivity contribution in [3.05, 3.63) is 42.0 Å². The second kappa shape index (κ2) is 5.00. The standard InChI is InChI=1S/C15H16O2/c1-3-12(16)10-14-13-7-5-4-6-11(13)8-9-15(14)17-2/h4-9H,3,10H2,1-2H3. The third-order valence-corrected chi connectivity index (χ3v) is 2.99. The number of rotatable bonds is 4. The molecule has 2 aromatic carbocycles. The first-order valence-corrected chi connectivity index (χ1v) is 5.82.